The van der Waals surface area contributed by atoms with Gasteiger partial charge in [0.25, 0.3) is 0 Å². The molecule has 66 valence electrons. The maximum absolute atomic E-state index is 9.25. The summed E-state index contributed by atoms with van der Waals surface area (Å²) >= 11 is 0. The molecule has 0 aliphatic heterocycles. The van der Waals surface area contributed by atoms with Crippen molar-refractivity contribution in [2.45, 2.75) is 26.0 Å². The van der Waals surface area contributed by atoms with Crippen LogP contribution in [0.4, 0.5) is 0 Å². The van der Waals surface area contributed by atoms with Crippen molar-refractivity contribution in [1.82, 2.24) is 4.98 Å². The lowest BCUT2D eigenvalue weighted by Crippen LogP contribution is -2.23. The van der Waals surface area contributed by atoms with Crippen LogP contribution < -0.4 is 5.73 Å². The Morgan fingerprint density at radius 3 is 2.75 bits per heavy atom. The first-order valence-electron chi connectivity index (χ1n) is 3.97. The molecule has 0 saturated carbocycles. The molecule has 3 heteroatoms. The molecule has 12 heavy (non-hydrogen) atoms. The van der Waals surface area contributed by atoms with Crippen molar-refractivity contribution < 1.29 is 5.11 Å². The molecular weight excluding hydrogens is 152 g/mol. The van der Waals surface area contributed by atoms with Crippen molar-refractivity contribution in [2.75, 3.05) is 0 Å². The Bertz CT molecular complexity index is 260. The number of aryl methyl sites for hydroxylation is 1. The fourth-order valence-corrected chi connectivity index (χ4v) is 1.12. The zero-order valence-corrected chi connectivity index (χ0v) is 7.36. The first-order valence-corrected chi connectivity index (χ1v) is 3.97. The van der Waals surface area contributed by atoms with Gasteiger partial charge in [0, 0.05) is 12.4 Å². The molecule has 3 N–H and O–H groups in total. The molecule has 0 fully saturated rings. The molecule has 2 atom stereocenters. The highest BCUT2D eigenvalue weighted by atomic mass is 16.3. The van der Waals surface area contributed by atoms with Crippen molar-refractivity contribution in [3.8, 4) is 0 Å². The molecule has 3 nitrogen and oxygen atoms in total. The Hall–Kier alpha value is -0.930. The first-order chi connectivity index (χ1) is 5.63. The van der Waals surface area contributed by atoms with Gasteiger partial charge in [-0.2, -0.15) is 0 Å². The van der Waals surface area contributed by atoms with E-state index in [1.165, 1.54) is 0 Å². The van der Waals surface area contributed by atoms with Crippen LogP contribution in [0.3, 0.4) is 0 Å². The van der Waals surface area contributed by atoms with Crippen LogP contribution in [0, 0.1) is 6.92 Å². The van der Waals surface area contributed by atoms with Gasteiger partial charge in [-0.25, -0.2) is 0 Å². The molecule has 1 rings (SSSR count). The fourth-order valence-electron chi connectivity index (χ4n) is 1.12. The number of nitrogens with zero attached hydrogens (tertiary/aromatic N) is 1. The highest BCUT2D eigenvalue weighted by Gasteiger charge is 2.13. The van der Waals surface area contributed by atoms with E-state index in [2.05, 4.69) is 4.98 Å². The van der Waals surface area contributed by atoms with Crippen LogP contribution in [0.15, 0.2) is 18.5 Å². The Morgan fingerprint density at radius 1 is 1.58 bits per heavy atom. The molecule has 1 heterocycles. The van der Waals surface area contributed by atoms with E-state index in [1.54, 1.807) is 19.3 Å². The van der Waals surface area contributed by atoms with E-state index < -0.39 is 6.10 Å². The van der Waals surface area contributed by atoms with E-state index >= 15 is 0 Å². The van der Waals surface area contributed by atoms with Crippen LogP contribution in [0.5, 0.6) is 0 Å². The second kappa shape index (κ2) is 3.65. The number of nitrogens with two attached hydrogens (primary N) is 1. The van der Waals surface area contributed by atoms with Crippen molar-refractivity contribution in [3.05, 3.63) is 29.6 Å². The summed E-state index contributed by atoms with van der Waals surface area (Å²) in [6.07, 6.45) is 2.91. The number of aliphatic hydroxyl groups excluding tert-OH is 1. The topological polar surface area (TPSA) is 59.1 Å². The van der Waals surface area contributed by atoms with Crippen molar-refractivity contribution >= 4 is 0 Å². The number of rotatable bonds is 2. The molecule has 0 aliphatic carbocycles. The van der Waals surface area contributed by atoms with Crippen LogP contribution in [0.2, 0.25) is 0 Å². The Balaban J connectivity index is 2.94. The second-order valence-electron chi connectivity index (χ2n) is 3.00. The molecule has 0 spiro atoms. The summed E-state index contributed by atoms with van der Waals surface area (Å²) in [5.41, 5.74) is 7.74. The molecule has 0 aromatic carbocycles. The van der Waals surface area contributed by atoms with E-state index in [0.717, 1.165) is 11.1 Å². The predicted molar refractivity (Wildman–Crippen MR) is 47.6 cm³/mol. The zero-order chi connectivity index (χ0) is 9.14. The van der Waals surface area contributed by atoms with Crippen LogP contribution in [0.1, 0.15) is 24.1 Å². The maximum atomic E-state index is 9.25. The van der Waals surface area contributed by atoms with Gasteiger partial charge in [0.2, 0.25) is 0 Å². The van der Waals surface area contributed by atoms with Crippen molar-refractivity contribution in [2.24, 2.45) is 5.73 Å². The summed E-state index contributed by atoms with van der Waals surface area (Å²) in [5, 5.41) is 9.25. The van der Waals surface area contributed by atoms with Crippen LogP contribution >= 0.6 is 0 Å². The van der Waals surface area contributed by atoms with Crippen LogP contribution in [-0.4, -0.2) is 16.2 Å². The van der Waals surface area contributed by atoms with Crippen molar-refractivity contribution in [3.63, 3.8) is 0 Å². The minimum atomic E-state index is -0.522. The number of aromatic nitrogens is 1. The number of hydrogen-bond donors (Lipinski definition) is 2. The van der Waals surface area contributed by atoms with Gasteiger partial charge in [-0.3, -0.25) is 4.98 Å². The second-order valence-corrected chi connectivity index (χ2v) is 3.00. The lowest BCUT2D eigenvalue weighted by atomic mass is 10.0. The lowest BCUT2D eigenvalue weighted by Gasteiger charge is -2.16. The van der Waals surface area contributed by atoms with Crippen molar-refractivity contribution in [1.29, 1.82) is 0 Å². The molecule has 0 unspecified atom stereocenters. The van der Waals surface area contributed by atoms with E-state index in [0.29, 0.717) is 0 Å². The average molecular weight is 166 g/mol. The quantitative estimate of drug-likeness (QED) is 0.682. The summed E-state index contributed by atoms with van der Waals surface area (Å²) in [6, 6.07) is 1.53. The van der Waals surface area contributed by atoms with Gasteiger partial charge >= 0.3 is 0 Å². The Morgan fingerprint density at radius 2 is 2.25 bits per heavy atom. The molecule has 1 aromatic heterocycles. The Labute approximate surface area is 72.2 Å². The molecular formula is C9H14N2O. The van der Waals surface area contributed by atoms with Crippen LogP contribution in [0.25, 0.3) is 0 Å². The lowest BCUT2D eigenvalue weighted by molar-refractivity contribution is 0.164. The highest BCUT2D eigenvalue weighted by molar-refractivity contribution is 5.25. The molecule has 0 aliphatic rings. The van der Waals surface area contributed by atoms with Gasteiger partial charge in [-0.1, -0.05) is 0 Å². The third-order valence-corrected chi connectivity index (χ3v) is 1.94. The van der Waals surface area contributed by atoms with Crippen LogP contribution in [-0.2, 0) is 0 Å². The van der Waals surface area contributed by atoms with E-state index in [9.17, 15) is 5.11 Å². The van der Waals surface area contributed by atoms with Gasteiger partial charge < -0.3 is 10.8 Å². The third kappa shape index (κ3) is 1.81. The summed E-state index contributed by atoms with van der Waals surface area (Å²) < 4.78 is 0. The predicted octanol–water partition coefficient (Wildman–Crippen LogP) is 0.771. The fraction of sp³-hybridized carbons (Fsp3) is 0.444. The maximum Gasteiger partial charge on any atom is 0.0704 e. The Kier molecular flexibility index (Phi) is 2.78. The molecule has 0 amide bonds. The largest absolute Gasteiger partial charge is 0.391 e. The third-order valence-electron chi connectivity index (χ3n) is 1.94. The number of hydrogen-bond acceptors (Lipinski definition) is 3. The minimum absolute atomic E-state index is 0.312. The SMILES string of the molecule is Cc1cnccc1[C@H](N)[C@@H](C)O. The molecule has 0 radical (unpaired) electrons. The summed E-state index contributed by atoms with van der Waals surface area (Å²) in [5.74, 6) is 0. The highest BCUT2D eigenvalue weighted by Crippen LogP contribution is 2.16. The smallest absolute Gasteiger partial charge is 0.0704 e. The molecule has 1 aromatic rings. The summed E-state index contributed by atoms with van der Waals surface area (Å²) in [4.78, 5) is 3.95. The van der Waals surface area contributed by atoms with Gasteiger partial charge in [0.1, 0.15) is 0 Å². The standard InChI is InChI=1S/C9H14N2O/c1-6-5-11-4-3-8(6)9(10)7(2)12/h3-5,7,9,12H,10H2,1-2H3/t7-,9-/m1/s1. The molecule has 0 bridgehead atoms. The van der Waals surface area contributed by atoms with E-state index in [4.69, 9.17) is 5.73 Å². The monoisotopic (exact) mass is 166 g/mol. The van der Waals surface area contributed by atoms with Gasteiger partial charge in [0.15, 0.2) is 0 Å². The summed E-state index contributed by atoms with van der Waals surface area (Å²) in [6.45, 7) is 3.62. The number of aliphatic hydroxyl groups is 1. The van der Waals surface area contributed by atoms with E-state index in [1.807, 2.05) is 13.0 Å². The zero-order valence-electron chi connectivity index (χ0n) is 7.36. The summed E-state index contributed by atoms with van der Waals surface area (Å²) in [7, 11) is 0. The average Bonchev–Trinajstić information content (AvgIpc) is 2.04. The minimum Gasteiger partial charge on any atom is -0.391 e. The first kappa shape index (κ1) is 9.16. The number of pyridine rings is 1. The van der Waals surface area contributed by atoms with Gasteiger partial charge in [0.05, 0.1) is 12.1 Å². The van der Waals surface area contributed by atoms with Gasteiger partial charge in [-0.05, 0) is 31.0 Å². The normalized spacial score (nSPS) is 15.7. The van der Waals surface area contributed by atoms with Gasteiger partial charge in [-0.15, -0.1) is 0 Å². The van der Waals surface area contributed by atoms with E-state index in [-0.39, 0.29) is 6.04 Å². The molecule has 0 saturated heterocycles.